The predicted octanol–water partition coefficient (Wildman–Crippen LogP) is 5.43. The summed E-state index contributed by atoms with van der Waals surface area (Å²) in [5, 5.41) is 10.4. The topological polar surface area (TPSA) is 51.5 Å². The Balaban J connectivity index is 1.87. The Bertz CT molecular complexity index is 1240. The second-order valence-corrected chi connectivity index (χ2v) is 7.83. The molecule has 0 radical (unpaired) electrons. The first-order valence-corrected chi connectivity index (χ1v) is 10.6. The molecule has 0 atom stereocenters. The first-order valence-electron chi connectivity index (χ1n) is 10.6. The van der Waals surface area contributed by atoms with Gasteiger partial charge in [-0.2, -0.15) is 0 Å². The number of ketones is 1. The molecule has 0 unspecified atom stereocenters. The lowest BCUT2D eigenvalue weighted by atomic mass is 9.99. The lowest BCUT2D eigenvalue weighted by molar-refractivity contribution is 0.103. The van der Waals surface area contributed by atoms with Gasteiger partial charge in [0, 0.05) is 29.3 Å². The fourth-order valence-electron chi connectivity index (χ4n) is 4.06. The van der Waals surface area contributed by atoms with Crippen LogP contribution in [0.3, 0.4) is 0 Å². The number of aryl methyl sites for hydroxylation is 1. The number of benzene rings is 3. The SMILES string of the molecule is CCOc1ccc2c(C(=O)c3ccc(C)cc3)c(C)n(Cc3cccc(CO)c3)c2c1. The van der Waals surface area contributed by atoms with Crippen molar-refractivity contribution < 1.29 is 14.6 Å². The van der Waals surface area contributed by atoms with Crippen LogP contribution < -0.4 is 4.74 Å². The van der Waals surface area contributed by atoms with Crippen molar-refractivity contribution in [2.75, 3.05) is 6.61 Å². The van der Waals surface area contributed by atoms with Crippen molar-refractivity contribution in [3.05, 3.63) is 100 Å². The number of aromatic nitrogens is 1. The highest BCUT2D eigenvalue weighted by Gasteiger charge is 2.22. The van der Waals surface area contributed by atoms with E-state index in [2.05, 4.69) is 4.57 Å². The van der Waals surface area contributed by atoms with Gasteiger partial charge in [0.15, 0.2) is 5.78 Å². The third-order valence-electron chi connectivity index (χ3n) is 5.66. The van der Waals surface area contributed by atoms with Crippen LogP contribution in [0.15, 0.2) is 66.7 Å². The van der Waals surface area contributed by atoms with E-state index in [4.69, 9.17) is 4.74 Å². The van der Waals surface area contributed by atoms with E-state index in [1.165, 1.54) is 0 Å². The monoisotopic (exact) mass is 413 g/mol. The first kappa shape index (κ1) is 20.9. The zero-order valence-corrected chi connectivity index (χ0v) is 18.2. The van der Waals surface area contributed by atoms with Crippen LogP contribution in [0.4, 0.5) is 0 Å². The molecule has 3 aromatic carbocycles. The predicted molar refractivity (Wildman–Crippen MR) is 124 cm³/mol. The van der Waals surface area contributed by atoms with Gasteiger partial charge in [0.1, 0.15) is 5.75 Å². The van der Waals surface area contributed by atoms with E-state index < -0.39 is 0 Å². The van der Waals surface area contributed by atoms with Gasteiger partial charge in [-0.3, -0.25) is 4.79 Å². The van der Waals surface area contributed by atoms with Crippen LogP contribution in [0.2, 0.25) is 0 Å². The highest BCUT2D eigenvalue weighted by Crippen LogP contribution is 2.32. The molecular weight excluding hydrogens is 386 g/mol. The molecule has 158 valence electrons. The molecule has 0 spiro atoms. The average Bonchev–Trinajstić information content (AvgIpc) is 3.05. The maximum Gasteiger partial charge on any atom is 0.195 e. The summed E-state index contributed by atoms with van der Waals surface area (Å²) in [6.45, 7) is 7.16. The number of carbonyl (C=O) groups is 1. The number of rotatable bonds is 7. The summed E-state index contributed by atoms with van der Waals surface area (Å²) in [4.78, 5) is 13.5. The standard InChI is InChI=1S/C27H27NO3/c1-4-31-23-12-13-24-25(15-23)28(16-20-6-5-7-21(14-20)17-29)19(3)26(24)27(30)22-10-8-18(2)9-11-22/h5-15,29H,4,16-17H2,1-3H3. The largest absolute Gasteiger partial charge is 0.494 e. The molecule has 0 aliphatic rings. The van der Waals surface area contributed by atoms with Gasteiger partial charge in [-0.25, -0.2) is 0 Å². The number of ether oxygens (including phenoxy) is 1. The Kier molecular flexibility index (Phi) is 5.92. The van der Waals surface area contributed by atoms with Gasteiger partial charge in [-0.15, -0.1) is 0 Å². The summed E-state index contributed by atoms with van der Waals surface area (Å²) >= 11 is 0. The second-order valence-electron chi connectivity index (χ2n) is 7.83. The molecule has 31 heavy (non-hydrogen) atoms. The zero-order chi connectivity index (χ0) is 22.0. The molecule has 0 amide bonds. The molecular formula is C27H27NO3. The van der Waals surface area contributed by atoms with Crippen molar-refractivity contribution in [2.24, 2.45) is 0 Å². The molecule has 0 bridgehead atoms. The van der Waals surface area contributed by atoms with E-state index in [1.807, 2.05) is 87.5 Å². The van der Waals surface area contributed by atoms with E-state index in [0.29, 0.717) is 18.7 Å². The van der Waals surface area contributed by atoms with Crippen molar-refractivity contribution >= 4 is 16.7 Å². The van der Waals surface area contributed by atoms with Crippen molar-refractivity contribution in [2.45, 2.75) is 33.9 Å². The lowest BCUT2D eigenvalue weighted by Gasteiger charge is -2.11. The summed E-state index contributed by atoms with van der Waals surface area (Å²) in [6, 6.07) is 21.5. The van der Waals surface area contributed by atoms with Gasteiger partial charge in [0.05, 0.1) is 24.3 Å². The number of hydrogen-bond donors (Lipinski definition) is 1. The van der Waals surface area contributed by atoms with Crippen LogP contribution in [-0.4, -0.2) is 22.1 Å². The van der Waals surface area contributed by atoms with Gasteiger partial charge in [-0.1, -0.05) is 54.1 Å². The van der Waals surface area contributed by atoms with Gasteiger partial charge >= 0.3 is 0 Å². The summed E-state index contributed by atoms with van der Waals surface area (Å²) in [6.07, 6.45) is 0. The van der Waals surface area contributed by atoms with Crippen molar-refractivity contribution in [1.29, 1.82) is 0 Å². The summed E-state index contributed by atoms with van der Waals surface area (Å²) < 4.78 is 7.89. The van der Waals surface area contributed by atoms with Crippen LogP contribution in [0, 0.1) is 13.8 Å². The van der Waals surface area contributed by atoms with Gasteiger partial charge in [0.25, 0.3) is 0 Å². The smallest absolute Gasteiger partial charge is 0.195 e. The average molecular weight is 414 g/mol. The molecule has 0 aliphatic carbocycles. The van der Waals surface area contributed by atoms with Crippen LogP contribution in [-0.2, 0) is 13.2 Å². The maximum absolute atomic E-state index is 13.5. The van der Waals surface area contributed by atoms with Gasteiger partial charge < -0.3 is 14.4 Å². The Morgan fingerprint density at radius 3 is 2.42 bits per heavy atom. The Labute approximate surface area is 182 Å². The third-order valence-corrected chi connectivity index (χ3v) is 5.66. The van der Waals surface area contributed by atoms with E-state index in [0.717, 1.165) is 44.6 Å². The second kappa shape index (κ2) is 8.78. The minimum Gasteiger partial charge on any atom is -0.494 e. The van der Waals surface area contributed by atoms with Crippen molar-refractivity contribution in [1.82, 2.24) is 4.57 Å². The fourth-order valence-corrected chi connectivity index (χ4v) is 4.06. The number of fused-ring (bicyclic) bond motifs is 1. The first-order chi connectivity index (χ1) is 15.0. The van der Waals surface area contributed by atoms with Gasteiger partial charge in [0.2, 0.25) is 0 Å². The summed E-state index contributed by atoms with van der Waals surface area (Å²) in [7, 11) is 0. The van der Waals surface area contributed by atoms with Crippen LogP contribution >= 0.6 is 0 Å². The molecule has 0 saturated carbocycles. The number of nitrogens with zero attached hydrogens (tertiary/aromatic N) is 1. The number of hydrogen-bond acceptors (Lipinski definition) is 3. The number of aliphatic hydroxyl groups is 1. The molecule has 1 heterocycles. The molecule has 0 aliphatic heterocycles. The van der Waals surface area contributed by atoms with Crippen LogP contribution in [0.25, 0.3) is 10.9 Å². The van der Waals surface area contributed by atoms with E-state index in [-0.39, 0.29) is 12.4 Å². The molecule has 4 heteroatoms. The Morgan fingerprint density at radius 1 is 0.968 bits per heavy atom. The van der Waals surface area contributed by atoms with E-state index in [9.17, 15) is 9.90 Å². The molecule has 4 rings (SSSR count). The summed E-state index contributed by atoms with van der Waals surface area (Å²) in [5.41, 5.74) is 6.36. The molecule has 4 aromatic rings. The number of aliphatic hydroxyl groups excluding tert-OH is 1. The zero-order valence-electron chi connectivity index (χ0n) is 18.2. The molecule has 0 fully saturated rings. The molecule has 0 saturated heterocycles. The molecule has 1 N–H and O–H groups in total. The normalized spacial score (nSPS) is 11.1. The van der Waals surface area contributed by atoms with Crippen molar-refractivity contribution in [3.63, 3.8) is 0 Å². The van der Waals surface area contributed by atoms with Crippen LogP contribution in [0.1, 0.15) is 45.2 Å². The maximum atomic E-state index is 13.5. The Hall–Kier alpha value is -3.37. The van der Waals surface area contributed by atoms with E-state index >= 15 is 0 Å². The van der Waals surface area contributed by atoms with Gasteiger partial charge in [-0.05, 0) is 44.0 Å². The quantitative estimate of drug-likeness (QED) is 0.411. The third kappa shape index (κ3) is 4.12. The number of carbonyl (C=O) groups excluding carboxylic acids is 1. The van der Waals surface area contributed by atoms with Crippen molar-refractivity contribution in [3.8, 4) is 5.75 Å². The highest BCUT2D eigenvalue weighted by atomic mass is 16.5. The lowest BCUT2D eigenvalue weighted by Crippen LogP contribution is -2.06. The molecule has 4 nitrogen and oxygen atoms in total. The van der Waals surface area contributed by atoms with Crippen LogP contribution in [0.5, 0.6) is 5.75 Å². The minimum atomic E-state index is 0.00486. The Morgan fingerprint density at radius 2 is 1.71 bits per heavy atom. The highest BCUT2D eigenvalue weighted by molar-refractivity contribution is 6.17. The minimum absolute atomic E-state index is 0.00486. The van der Waals surface area contributed by atoms with E-state index in [1.54, 1.807) is 0 Å². The summed E-state index contributed by atoms with van der Waals surface area (Å²) in [5.74, 6) is 0.807. The fraction of sp³-hybridized carbons (Fsp3) is 0.222. The molecule has 1 aromatic heterocycles.